The van der Waals surface area contributed by atoms with Crippen molar-refractivity contribution in [3.8, 4) is 5.88 Å². The third-order valence-corrected chi connectivity index (χ3v) is 2.68. The van der Waals surface area contributed by atoms with Crippen LogP contribution in [0.25, 0.3) is 0 Å². The van der Waals surface area contributed by atoms with Gasteiger partial charge in [-0.2, -0.15) is 0 Å². The Labute approximate surface area is 107 Å². The van der Waals surface area contributed by atoms with Crippen LogP contribution in [0.1, 0.15) is 11.1 Å². The molecule has 4 heteroatoms. The second-order valence-corrected chi connectivity index (χ2v) is 3.99. The van der Waals surface area contributed by atoms with Gasteiger partial charge in [0.15, 0.2) is 0 Å². The summed E-state index contributed by atoms with van der Waals surface area (Å²) in [6, 6.07) is 8.01. The van der Waals surface area contributed by atoms with Crippen molar-refractivity contribution in [2.75, 3.05) is 13.7 Å². The lowest BCUT2D eigenvalue weighted by Gasteiger charge is -2.06. The van der Waals surface area contributed by atoms with Crippen molar-refractivity contribution < 1.29 is 4.74 Å². The lowest BCUT2D eigenvalue weighted by molar-refractivity contribution is 0.397. The molecule has 2 aromatic heterocycles. The lowest BCUT2D eigenvalue weighted by atomic mass is 10.2. The van der Waals surface area contributed by atoms with E-state index in [9.17, 15) is 0 Å². The Balaban J connectivity index is 1.75. The van der Waals surface area contributed by atoms with E-state index in [4.69, 9.17) is 4.74 Å². The molecule has 18 heavy (non-hydrogen) atoms. The molecule has 0 bridgehead atoms. The van der Waals surface area contributed by atoms with Crippen LogP contribution in [0, 0.1) is 0 Å². The molecule has 0 aliphatic heterocycles. The van der Waals surface area contributed by atoms with Gasteiger partial charge in [-0.05, 0) is 42.3 Å². The molecule has 0 aromatic carbocycles. The van der Waals surface area contributed by atoms with Crippen molar-refractivity contribution in [3.63, 3.8) is 0 Å². The summed E-state index contributed by atoms with van der Waals surface area (Å²) in [5.41, 5.74) is 2.47. The van der Waals surface area contributed by atoms with E-state index in [1.807, 2.05) is 36.7 Å². The normalized spacial score (nSPS) is 10.3. The van der Waals surface area contributed by atoms with E-state index in [2.05, 4.69) is 15.3 Å². The van der Waals surface area contributed by atoms with E-state index >= 15 is 0 Å². The Bertz CT molecular complexity index is 473. The second kappa shape index (κ2) is 6.71. The molecular weight excluding hydrogens is 226 g/mol. The standard InChI is InChI=1S/C14H17N3O/c1-18-14-10-13(5-9-17-14)11-16-8-4-12-2-6-15-7-3-12/h2-3,5-7,9-10,16H,4,8,11H2,1H3. The van der Waals surface area contributed by atoms with Gasteiger partial charge in [-0.25, -0.2) is 4.98 Å². The molecule has 0 radical (unpaired) electrons. The van der Waals surface area contributed by atoms with Gasteiger partial charge in [0.05, 0.1) is 7.11 Å². The molecule has 0 atom stereocenters. The fourth-order valence-corrected chi connectivity index (χ4v) is 1.69. The number of methoxy groups -OCH3 is 1. The van der Waals surface area contributed by atoms with Gasteiger partial charge in [-0.1, -0.05) is 0 Å². The molecule has 1 N–H and O–H groups in total. The second-order valence-electron chi connectivity index (χ2n) is 3.99. The van der Waals surface area contributed by atoms with Gasteiger partial charge in [-0.15, -0.1) is 0 Å². The third-order valence-electron chi connectivity index (χ3n) is 2.68. The molecule has 0 unspecified atom stereocenters. The van der Waals surface area contributed by atoms with E-state index < -0.39 is 0 Å². The molecule has 0 amide bonds. The fraction of sp³-hybridized carbons (Fsp3) is 0.286. The van der Waals surface area contributed by atoms with Gasteiger partial charge in [0, 0.05) is 31.2 Å². The summed E-state index contributed by atoms with van der Waals surface area (Å²) < 4.78 is 5.08. The van der Waals surface area contributed by atoms with E-state index in [0.717, 1.165) is 19.5 Å². The molecule has 2 aromatic rings. The summed E-state index contributed by atoms with van der Waals surface area (Å²) in [6.45, 7) is 1.76. The van der Waals surface area contributed by atoms with Crippen LogP contribution in [-0.2, 0) is 13.0 Å². The highest BCUT2D eigenvalue weighted by Gasteiger charge is 1.97. The van der Waals surface area contributed by atoms with E-state index in [1.54, 1.807) is 13.3 Å². The highest BCUT2D eigenvalue weighted by molar-refractivity contribution is 5.20. The van der Waals surface area contributed by atoms with E-state index in [0.29, 0.717) is 5.88 Å². The molecular formula is C14H17N3O. The van der Waals surface area contributed by atoms with Crippen LogP contribution >= 0.6 is 0 Å². The number of pyridine rings is 2. The third kappa shape index (κ3) is 3.82. The average Bonchev–Trinajstić information content (AvgIpc) is 2.45. The maximum atomic E-state index is 5.08. The van der Waals surface area contributed by atoms with E-state index in [-0.39, 0.29) is 0 Å². The summed E-state index contributed by atoms with van der Waals surface area (Å²) >= 11 is 0. The highest BCUT2D eigenvalue weighted by Crippen LogP contribution is 2.08. The van der Waals surface area contributed by atoms with Gasteiger partial charge in [0.25, 0.3) is 0 Å². The van der Waals surface area contributed by atoms with Crippen LogP contribution in [0.15, 0.2) is 42.9 Å². The Morgan fingerprint density at radius 2 is 1.89 bits per heavy atom. The SMILES string of the molecule is COc1cc(CNCCc2ccncc2)ccn1. The minimum atomic E-state index is 0.656. The largest absolute Gasteiger partial charge is 0.481 e. The molecule has 2 heterocycles. The number of ether oxygens (including phenoxy) is 1. The smallest absolute Gasteiger partial charge is 0.213 e. The first-order valence-electron chi connectivity index (χ1n) is 5.97. The lowest BCUT2D eigenvalue weighted by Crippen LogP contribution is -2.16. The van der Waals surface area contributed by atoms with E-state index in [1.165, 1.54) is 11.1 Å². The first kappa shape index (κ1) is 12.5. The number of aromatic nitrogens is 2. The number of rotatable bonds is 6. The zero-order chi connectivity index (χ0) is 12.6. The summed E-state index contributed by atoms with van der Waals surface area (Å²) in [4.78, 5) is 8.08. The first-order valence-corrected chi connectivity index (χ1v) is 5.97. The highest BCUT2D eigenvalue weighted by atomic mass is 16.5. The van der Waals surface area contributed by atoms with Gasteiger partial charge in [0.1, 0.15) is 0 Å². The minimum absolute atomic E-state index is 0.656. The first-order chi connectivity index (χ1) is 8.88. The molecule has 0 aliphatic rings. The molecule has 4 nitrogen and oxygen atoms in total. The van der Waals surface area contributed by atoms with Crippen molar-refractivity contribution in [2.24, 2.45) is 0 Å². The Morgan fingerprint density at radius 3 is 2.67 bits per heavy atom. The molecule has 2 rings (SSSR count). The molecule has 0 aliphatic carbocycles. The Hall–Kier alpha value is -1.94. The fourth-order valence-electron chi connectivity index (χ4n) is 1.69. The molecule has 0 saturated carbocycles. The van der Waals surface area contributed by atoms with Crippen LogP contribution in [-0.4, -0.2) is 23.6 Å². The Morgan fingerprint density at radius 1 is 1.11 bits per heavy atom. The summed E-state index contributed by atoms with van der Waals surface area (Å²) in [5, 5.41) is 3.40. The van der Waals surface area contributed by atoms with Crippen molar-refractivity contribution >= 4 is 0 Å². The number of nitrogens with zero attached hydrogens (tertiary/aromatic N) is 2. The maximum absolute atomic E-state index is 5.08. The van der Waals surface area contributed by atoms with Crippen molar-refractivity contribution in [2.45, 2.75) is 13.0 Å². The van der Waals surface area contributed by atoms with Gasteiger partial charge in [0.2, 0.25) is 5.88 Å². The zero-order valence-corrected chi connectivity index (χ0v) is 10.5. The molecule has 0 spiro atoms. The molecule has 94 valence electrons. The number of hydrogen-bond acceptors (Lipinski definition) is 4. The Kier molecular flexibility index (Phi) is 4.67. The zero-order valence-electron chi connectivity index (χ0n) is 10.5. The monoisotopic (exact) mass is 243 g/mol. The van der Waals surface area contributed by atoms with Crippen LogP contribution < -0.4 is 10.1 Å². The summed E-state index contributed by atoms with van der Waals surface area (Å²) in [5.74, 6) is 0.656. The maximum Gasteiger partial charge on any atom is 0.213 e. The minimum Gasteiger partial charge on any atom is -0.481 e. The van der Waals surface area contributed by atoms with Crippen LogP contribution in [0.2, 0.25) is 0 Å². The van der Waals surface area contributed by atoms with Crippen LogP contribution in [0.4, 0.5) is 0 Å². The van der Waals surface area contributed by atoms with Gasteiger partial charge < -0.3 is 10.1 Å². The van der Waals surface area contributed by atoms with Gasteiger partial charge >= 0.3 is 0 Å². The van der Waals surface area contributed by atoms with Crippen molar-refractivity contribution in [3.05, 3.63) is 54.0 Å². The molecule has 0 saturated heterocycles. The average molecular weight is 243 g/mol. The van der Waals surface area contributed by atoms with Crippen LogP contribution in [0.3, 0.4) is 0 Å². The van der Waals surface area contributed by atoms with Crippen molar-refractivity contribution in [1.82, 2.24) is 15.3 Å². The van der Waals surface area contributed by atoms with Crippen molar-refractivity contribution in [1.29, 1.82) is 0 Å². The topological polar surface area (TPSA) is 47.0 Å². The number of hydrogen-bond donors (Lipinski definition) is 1. The summed E-state index contributed by atoms with van der Waals surface area (Å²) in [6.07, 6.45) is 6.41. The van der Waals surface area contributed by atoms with Gasteiger partial charge in [-0.3, -0.25) is 4.98 Å². The molecule has 0 fully saturated rings. The predicted octanol–water partition coefficient (Wildman–Crippen LogP) is 1.82. The predicted molar refractivity (Wildman–Crippen MR) is 70.4 cm³/mol. The summed E-state index contributed by atoms with van der Waals surface area (Å²) in [7, 11) is 1.63. The quantitative estimate of drug-likeness (QED) is 0.786. The van der Waals surface area contributed by atoms with Crippen LogP contribution in [0.5, 0.6) is 5.88 Å². The number of nitrogens with one attached hydrogen (secondary N) is 1.